The Morgan fingerprint density at radius 3 is 2.57 bits per heavy atom. The van der Waals surface area contributed by atoms with Gasteiger partial charge in [0.15, 0.2) is 0 Å². The second-order valence-corrected chi connectivity index (χ2v) is 7.65. The Bertz CT molecular complexity index is 864. The lowest BCUT2D eigenvalue weighted by atomic mass is 10.0. The summed E-state index contributed by atoms with van der Waals surface area (Å²) in [6, 6.07) is 3.86. The van der Waals surface area contributed by atoms with Crippen molar-refractivity contribution in [3.05, 3.63) is 29.3 Å². The Balaban J connectivity index is 1.38. The molecule has 1 atom stereocenters. The van der Waals surface area contributed by atoms with Crippen molar-refractivity contribution >= 4 is 23.6 Å². The molecule has 0 radical (unpaired) electrons. The lowest BCUT2D eigenvalue weighted by Gasteiger charge is -2.27. The van der Waals surface area contributed by atoms with Gasteiger partial charge in [-0.1, -0.05) is 6.07 Å². The van der Waals surface area contributed by atoms with Crippen molar-refractivity contribution in [3.8, 4) is 5.75 Å². The van der Waals surface area contributed by atoms with Crippen LogP contribution >= 0.6 is 0 Å². The molecule has 0 saturated carbocycles. The summed E-state index contributed by atoms with van der Waals surface area (Å²) in [5.41, 5.74) is 0.389. The van der Waals surface area contributed by atoms with E-state index in [1.807, 2.05) is 0 Å². The monoisotopic (exact) mass is 415 g/mol. The van der Waals surface area contributed by atoms with Gasteiger partial charge in [0.05, 0.1) is 30.4 Å². The van der Waals surface area contributed by atoms with Crippen molar-refractivity contribution in [1.82, 2.24) is 15.5 Å². The zero-order valence-electron chi connectivity index (χ0n) is 16.6. The molecule has 160 valence electrons. The van der Waals surface area contributed by atoms with Crippen LogP contribution in [0.4, 0.5) is 0 Å². The first kappa shape index (κ1) is 20.5. The summed E-state index contributed by atoms with van der Waals surface area (Å²) in [4.78, 5) is 50.3. The fraction of sp³-hybridized carbons (Fsp3) is 0.524. The number of hydrogen-bond donors (Lipinski definition) is 2. The van der Waals surface area contributed by atoms with Gasteiger partial charge in [-0.05, 0) is 44.5 Å². The fourth-order valence-electron chi connectivity index (χ4n) is 4.06. The maximum absolute atomic E-state index is 13.0. The van der Waals surface area contributed by atoms with Gasteiger partial charge >= 0.3 is 0 Å². The molecular weight excluding hydrogens is 390 g/mol. The quantitative estimate of drug-likeness (QED) is 0.496. The van der Waals surface area contributed by atoms with Gasteiger partial charge in [-0.15, -0.1) is 0 Å². The number of carbonyl (C=O) groups excluding carboxylic acids is 4. The van der Waals surface area contributed by atoms with Crippen molar-refractivity contribution < 1.29 is 28.7 Å². The van der Waals surface area contributed by atoms with Gasteiger partial charge in [0.25, 0.3) is 11.8 Å². The van der Waals surface area contributed by atoms with Gasteiger partial charge in [-0.25, -0.2) is 0 Å². The van der Waals surface area contributed by atoms with Gasteiger partial charge in [0.1, 0.15) is 11.8 Å². The molecule has 1 unspecified atom stereocenters. The fourth-order valence-corrected chi connectivity index (χ4v) is 4.06. The number of fused-ring (bicyclic) bond motifs is 1. The number of hydrogen-bond acceptors (Lipinski definition) is 7. The highest BCUT2D eigenvalue weighted by molar-refractivity contribution is 6.24. The second kappa shape index (κ2) is 8.93. The molecule has 2 N–H and O–H groups in total. The first-order valence-corrected chi connectivity index (χ1v) is 10.4. The molecule has 9 heteroatoms. The lowest BCUT2D eigenvalue weighted by molar-refractivity contribution is -0.136. The first-order chi connectivity index (χ1) is 14.6. The molecule has 1 aromatic carbocycles. The van der Waals surface area contributed by atoms with E-state index < -0.39 is 29.7 Å². The molecule has 3 aliphatic heterocycles. The van der Waals surface area contributed by atoms with Crippen LogP contribution < -0.4 is 15.4 Å². The maximum atomic E-state index is 13.0. The molecule has 30 heavy (non-hydrogen) atoms. The molecule has 3 heterocycles. The molecule has 0 bridgehead atoms. The smallest absolute Gasteiger partial charge is 0.266 e. The van der Waals surface area contributed by atoms with Crippen LogP contribution in [0.2, 0.25) is 0 Å². The predicted octanol–water partition coefficient (Wildman–Crippen LogP) is 0.625. The molecular formula is C21H25N3O6. The number of amides is 4. The number of imide groups is 2. The van der Waals surface area contributed by atoms with E-state index in [1.54, 1.807) is 18.2 Å². The minimum atomic E-state index is -0.985. The van der Waals surface area contributed by atoms with Crippen molar-refractivity contribution in [2.45, 2.75) is 44.2 Å². The molecule has 9 nitrogen and oxygen atoms in total. The number of piperidine rings is 2. The number of rotatable bonds is 7. The highest BCUT2D eigenvalue weighted by atomic mass is 16.5. The second-order valence-electron chi connectivity index (χ2n) is 7.65. The summed E-state index contributed by atoms with van der Waals surface area (Å²) in [5, 5.41) is 5.48. The van der Waals surface area contributed by atoms with Crippen molar-refractivity contribution in [2.24, 2.45) is 0 Å². The number of benzene rings is 1. The average molecular weight is 415 g/mol. The van der Waals surface area contributed by atoms with Gasteiger partial charge in [0, 0.05) is 12.8 Å². The number of nitrogens with one attached hydrogen (secondary N) is 2. The molecule has 2 fully saturated rings. The van der Waals surface area contributed by atoms with E-state index >= 15 is 0 Å². The van der Waals surface area contributed by atoms with E-state index in [0.29, 0.717) is 25.4 Å². The van der Waals surface area contributed by atoms with Crippen LogP contribution in [0.3, 0.4) is 0 Å². The standard InChI is InChI=1S/C21H25N3O6/c25-17-6-5-15(19(26)23-17)24-20(27)14-3-1-4-16(18(14)21(24)28)30-12-2-11-29-13-7-9-22-10-8-13/h1,3-4,13,15,22H,2,5-12H2,(H,23,25,26). The highest BCUT2D eigenvalue weighted by Gasteiger charge is 2.45. The Morgan fingerprint density at radius 1 is 1.00 bits per heavy atom. The number of ether oxygens (including phenoxy) is 2. The molecule has 0 aliphatic carbocycles. The van der Waals surface area contributed by atoms with Crippen LogP contribution in [0.1, 0.15) is 52.8 Å². The SMILES string of the molecule is O=C1CCC(N2C(=O)c3cccc(OCCCOC4CCNCC4)c3C2=O)C(=O)N1. The van der Waals surface area contributed by atoms with E-state index in [-0.39, 0.29) is 30.1 Å². The minimum Gasteiger partial charge on any atom is -0.493 e. The van der Waals surface area contributed by atoms with Gasteiger partial charge in [0.2, 0.25) is 11.8 Å². The van der Waals surface area contributed by atoms with Crippen LogP contribution in [-0.4, -0.2) is 67.0 Å². The molecule has 4 amide bonds. The van der Waals surface area contributed by atoms with Crippen LogP contribution in [-0.2, 0) is 14.3 Å². The van der Waals surface area contributed by atoms with E-state index in [9.17, 15) is 19.2 Å². The summed E-state index contributed by atoms with van der Waals surface area (Å²) in [6.45, 7) is 2.85. The zero-order chi connectivity index (χ0) is 21.1. The van der Waals surface area contributed by atoms with Crippen molar-refractivity contribution in [1.29, 1.82) is 0 Å². The number of carbonyl (C=O) groups is 4. The third-order valence-electron chi connectivity index (χ3n) is 5.62. The average Bonchev–Trinajstić information content (AvgIpc) is 3.00. The molecule has 4 rings (SSSR count). The third-order valence-corrected chi connectivity index (χ3v) is 5.62. The Kier molecular flexibility index (Phi) is 6.10. The Labute approximate surface area is 174 Å². The zero-order valence-corrected chi connectivity index (χ0v) is 16.6. The van der Waals surface area contributed by atoms with Gasteiger partial charge < -0.3 is 14.8 Å². The molecule has 0 aromatic heterocycles. The summed E-state index contributed by atoms with van der Waals surface area (Å²) in [7, 11) is 0. The predicted molar refractivity (Wildman–Crippen MR) is 105 cm³/mol. The highest BCUT2D eigenvalue weighted by Crippen LogP contribution is 2.33. The largest absolute Gasteiger partial charge is 0.493 e. The summed E-state index contributed by atoms with van der Waals surface area (Å²) < 4.78 is 11.6. The molecule has 1 aromatic rings. The Morgan fingerprint density at radius 2 is 1.80 bits per heavy atom. The lowest BCUT2D eigenvalue weighted by Crippen LogP contribution is -2.54. The summed E-state index contributed by atoms with van der Waals surface area (Å²) in [5.74, 6) is -1.81. The normalized spacial score (nSPS) is 22.3. The van der Waals surface area contributed by atoms with Crippen LogP contribution in [0.15, 0.2) is 18.2 Å². The maximum Gasteiger partial charge on any atom is 0.266 e. The van der Waals surface area contributed by atoms with E-state index in [2.05, 4.69) is 10.6 Å². The van der Waals surface area contributed by atoms with Crippen molar-refractivity contribution in [3.63, 3.8) is 0 Å². The van der Waals surface area contributed by atoms with E-state index in [0.717, 1.165) is 30.8 Å². The number of nitrogens with zero attached hydrogens (tertiary/aromatic N) is 1. The Hall–Kier alpha value is -2.78. The topological polar surface area (TPSA) is 114 Å². The van der Waals surface area contributed by atoms with E-state index in [1.165, 1.54) is 0 Å². The van der Waals surface area contributed by atoms with Gasteiger partial charge in [-0.3, -0.25) is 29.4 Å². The van der Waals surface area contributed by atoms with Crippen molar-refractivity contribution in [2.75, 3.05) is 26.3 Å². The minimum absolute atomic E-state index is 0.0875. The molecule has 3 aliphatic rings. The summed E-state index contributed by atoms with van der Waals surface area (Å²) >= 11 is 0. The van der Waals surface area contributed by atoms with Crippen LogP contribution in [0.25, 0.3) is 0 Å². The third kappa shape index (κ3) is 4.08. The van der Waals surface area contributed by atoms with Gasteiger partial charge in [-0.2, -0.15) is 0 Å². The molecule has 0 spiro atoms. The van der Waals surface area contributed by atoms with Crippen LogP contribution in [0, 0.1) is 0 Å². The van der Waals surface area contributed by atoms with Crippen LogP contribution in [0.5, 0.6) is 5.75 Å². The first-order valence-electron chi connectivity index (χ1n) is 10.4. The van der Waals surface area contributed by atoms with E-state index in [4.69, 9.17) is 9.47 Å². The summed E-state index contributed by atoms with van der Waals surface area (Å²) in [6.07, 6.45) is 3.14. The molecule has 2 saturated heterocycles.